The van der Waals surface area contributed by atoms with E-state index >= 15 is 0 Å². The molecule has 0 radical (unpaired) electrons. The lowest BCUT2D eigenvalue weighted by Crippen LogP contribution is -2.31. The lowest BCUT2D eigenvalue weighted by atomic mass is 9.81. The van der Waals surface area contributed by atoms with Crippen LogP contribution in [0.4, 0.5) is 0 Å². The van der Waals surface area contributed by atoms with Crippen LogP contribution in [-0.2, 0) is 18.9 Å². The lowest BCUT2D eigenvalue weighted by Gasteiger charge is -2.22. The molecule has 32 heavy (non-hydrogen) atoms. The van der Waals surface area contributed by atoms with E-state index in [1.54, 1.807) is 0 Å². The van der Waals surface area contributed by atoms with Crippen molar-refractivity contribution < 1.29 is 4.57 Å². The third kappa shape index (κ3) is 3.26. The van der Waals surface area contributed by atoms with Crippen LogP contribution in [0.2, 0.25) is 0 Å². The molecule has 4 aromatic rings. The van der Waals surface area contributed by atoms with Gasteiger partial charge in [0.1, 0.15) is 7.05 Å². The summed E-state index contributed by atoms with van der Waals surface area (Å²) in [4.78, 5) is 0. The fourth-order valence-electron chi connectivity index (χ4n) is 5.59. The summed E-state index contributed by atoms with van der Waals surface area (Å²) >= 11 is 0. The Morgan fingerprint density at radius 1 is 0.812 bits per heavy atom. The Labute approximate surface area is 192 Å². The molecule has 0 spiro atoms. The maximum atomic E-state index is 2.46. The number of benzene rings is 3. The van der Waals surface area contributed by atoms with Gasteiger partial charge >= 0.3 is 0 Å². The number of aryl methyl sites for hydroxylation is 2. The highest BCUT2D eigenvalue weighted by Crippen LogP contribution is 2.50. The summed E-state index contributed by atoms with van der Waals surface area (Å²) in [7, 11) is 2.17. The van der Waals surface area contributed by atoms with Crippen LogP contribution in [-0.4, -0.2) is 0 Å². The van der Waals surface area contributed by atoms with Crippen LogP contribution in [0.1, 0.15) is 56.9 Å². The predicted molar refractivity (Wildman–Crippen MR) is 136 cm³/mol. The zero-order valence-electron chi connectivity index (χ0n) is 20.5. The van der Waals surface area contributed by atoms with Gasteiger partial charge in [-0.25, -0.2) is 4.57 Å². The van der Waals surface area contributed by atoms with E-state index in [4.69, 9.17) is 0 Å². The first kappa shape index (κ1) is 20.9. The molecular weight excluding hydrogens is 386 g/mol. The van der Waals surface area contributed by atoms with Crippen molar-refractivity contribution in [2.45, 2.75) is 53.4 Å². The first-order valence-electron chi connectivity index (χ1n) is 11.7. The topological polar surface area (TPSA) is 3.88 Å². The maximum Gasteiger partial charge on any atom is 0.220 e. The van der Waals surface area contributed by atoms with Crippen molar-refractivity contribution >= 4 is 10.8 Å². The van der Waals surface area contributed by atoms with Crippen LogP contribution in [0.25, 0.3) is 33.2 Å². The SMILES string of the molecule is Cc1cc2c(cc1-c1c3ccc(CC(C)(C)C)cc3cc[n+]1C)C(C)(C)c1ccccc1-2. The van der Waals surface area contributed by atoms with Crippen LogP contribution in [0.3, 0.4) is 0 Å². The molecule has 0 fully saturated rings. The molecule has 1 heteroatoms. The van der Waals surface area contributed by atoms with Gasteiger partial charge in [0.05, 0.1) is 10.9 Å². The second kappa shape index (κ2) is 7.04. The minimum Gasteiger partial charge on any atom is -0.200 e. The van der Waals surface area contributed by atoms with Gasteiger partial charge in [-0.05, 0) is 69.7 Å². The summed E-state index contributed by atoms with van der Waals surface area (Å²) < 4.78 is 2.29. The molecule has 1 aliphatic carbocycles. The Hall–Kier alpha value is -2.93. The molecule has 0 N–H and O–H groups in total. The van der Waals surface area contributed by atoms with E-state index in [9.17, 15) is 0 Å². The van der Waals surface area contributed by atoms with E-state index in [0.717, 1.165) is 6.42 Å². The standard InChI is InChI=1S/C31H34N/c1-20-16-26-24-10-8-9-11-27(24)31(5,6)28(26)18-25(20)29-23-13-12-21(19-30(2,3)4)17-22(23)14-15-32(29)7/h8-18H,19H2,1-7H3/q+1. The smallest absolute Gasteiger partial charge is 0.200 e. The summed E-state index contributed by atoms with van der Waals surface area (Å²) in [5, 5.41) is 2.64. The van der Waals surface area contributed by atoms with Crippen molar-refractivity contribution in [1.82, 2.24) is 0 Å². The van der Waals surface area contributed by atoms with Crippen molar-refractivity contribution in [3.8, 4) is 22.4 Å². The average molecular weight is 421 g/mol. The number of nitrogens with zero attached hydrogens (tertiary/aromatic N) is 1. The van der Waals surface area contributed by atoms with E-state index in [2.05, 4.69) is 120 Å². The Kier molecular flexibility index (Phi) is 4.60. The third-order valence-corrected chi connectivity index (χ3v) is 7.12. The second-order valence-corrected chi connectivity index (χ2v) is 11.3. The molecule has 0 amide bonds. The monoisotopic (exact) mass is 420 g/mol. The highest BCUT2D eigenvalue weighted by atomic mass is 14.9. The quantitative estimate of drug-likeness (QED) is 0.295. The van der Waals surface area contributed by atoms with Gasteiger partial charge in [0.15, 0.2) is 6.20 Å². The van der Waals surface area contributed by atoms with E-state index in [1.807, 2.05) is 0 Å². The van der Waals surface area contributed by atoms with Crippen molar-refractivity contribution in [2.75, 3.05) is 0 Å². The number of pyridine rings is 1. The minimum absolute atomic E-state index is 0.0113. The first-order valence-corrected chi connectivity index (χ1v) is 11.7. The number of hydrogen-bond acceptors (Lipinski definition) is 0. The van der Waals surface area contributed by atoms with Gasteiger partial charge in [0, 0.05) is 11.5 Å². The molecule has 1 aromatic heterocycles. The Morgan fingerprint density at radius 3 is 2.31 bits per heavy atom. The molecule has 0 saturated heterocycles. The van der Waals surface area contributed by atoms with Gasteiger partial charge in [-0.15, -0.1) is 0 Å². The highest BCUT2D eigenvalue weighted by Gasteiger charge is 2.36. The molecule has 1 nitrogen and oxygen atoms in total. The molecule has 5 rings (SSSR count). The van der Waals surface area contributed by atoms with E-state index in [1.165, 1.54) is 55.4 Å². The normalized spacial score (nSPS) is 14.5. The summed E-state index contributed by atoms with van der Waals surface area (Å²) in [5.41, 5.74) is 11.3. The van der Waals surface area contributed by atoms with E-state index in [-0.39, 0.29) is 10.8 Å². The molecule has 0 saturated carbocycles. The molecular formula is C31H34N+. The molecule has 0 atom stereocenters. The molecule has 0 unspecified atom stereocenters. The Balaban J connectivity index is 1.72. The minimum atomic E-state index is 0.0113. The number of rotatable bonds is 2. The Bertz CT molecular complexity index is 1370. The van der Waals surface area contributed by atoms with Gasteiger partial charge in [0.2, 0.25) is 5.69 Å². The molecule has 1 heterocycles. The van der Waals surface area contributed by atoms with Gasteiger partial charge in [-0.2, -0.15) is 0 Å². The molecule has 1 aliphatic rings. The summed E-state index contributed by atoms with van der Waals surface area (Å²) in [6.45, 7) is 13.9. The number of fused-ring (bicyclic) bond motifs is 4. The summed E-state index contributed by atoms with van der Waals surface area (Å²) in [5.74, 6) is 0. The summed E-state index contributed by atoms with van der Waals surface area (Å²) in [6, 6.07) is 23.1. The highest BCUT2D eigenvalue weighted by molar-refractivity contribution is 5.95. The molecule has 162 valence electrons. The van der Waals surface area contributed by atoms with Crippen molar-refractivity contribution in [3.63, 3.8) is 0 Å². The number of aromatic nitrogens is 1. The van der Waals surface area contributed by atoms with Crippen molar-refractivity contribution in [2.24, 2.45) is 12.5 Å². The van der Waals surface area contributed by atoms with Gasteiger partial charge in [-0.1, -0.05) is 77.1 Å². The maximum absolute atomic E-state index is 2.46. The van der Waals surface area contributed by atoms with Gasteiger partial charge < -0.3 is 0 Å². The fourth-order valence-corrected chi connectivity index (χ4v) is 5.59. The molecule has 3 aromatic carbocycles. The van der Waals surface area contributed by atoms with Crippen molar-refractivity contribution in [3.05, 3.63) is 89.1 Å². The van der Waals surface area contributed by atoms with Gasteiger partial charge in [0.25, 0.3) is 0 Å². The summed E-state index contributed by atoms with van der Waals surface area (Å²) in [6.07, 6.45) is 3.30. The zero-order valence-corrected chi connectivity index (χ0v) is 20.5. The second-order valence-electron chi connectivity index (χ2n) is 11.3. The van der Waals surface area contributed by atoms with Crippen LogP contribution in [0.5, 0.6) is 0 Å². The predicted octanol–water partition coefficient (Wildman–Crippen LogP) is 7.53. The van der Waals surface area contributed by atoms with Crippen molar-refractivity contribution in [1.29, 1.82) is 0 Å². The van der Waals surface area contributed by atoms with E-state index in [0.29, 0.717) is 0 Å². The first-order chi connectivity index (χ1) is 15.1. The average Bonchev–Trinajstić information content (AvgIpc) is 2.94. The van der Waals surface area contributed by atoms with Gasteiger partial charge in [-0.3, -0.25) is 0 Å². The Morgan fingerprint density at radius 2 is 1.56 bits per heavy atom. The zero-order chi connectivity index (χ0) is 22.8. The van der Waals surface area contributed by atoms with Crippen LogP contribution in [0, 0.1) is 12.3 Å². The third-order valence-electron chi connectivity index (χ3n) is 7.12. The van der Waals surface area contributed by atoms with Crippen LogP contribution >= 0.6 is 0 Å². The largest absolute Gasteiger partial charge is 0.220 e. The molecule has 0 bridgehead atoms. The van der Waals surface area contributed by atoms with E-state index < -0.39 is 0 Å². The number of hydrogen-bond donors (Lipinski definition) is 0. The fraction of sp³-hybridized carbons (Fsp3) is 0.323. The van der Waals surface area contributed by atoms with Crippen LogP contribution in [0.15, 0.2) is 66.9 Å². The lowest BCUT2D eigenvalue weighted by molar-refractivity contribution is -0.659. The molecule has 0 aliphatic heterocycles. The van der Waals surface area contributed by atoms with Crippen LogP contribution < -0.4 is 4.57 Å².